The molecule has 0 amide bonds. The Morgan fingerprint density at radius 2 is 2.24 bits per heavy atom. The third-order valence-corrected chi connectivity index (χ3v) is 3.06. The van der Waals surface area contributed by atoms with Gasteiger partial charge in [-0.05, 0) is 53.3 Å². The van der Waals surface area contributed by atoms with Crippen LogP contribution in [0.5, 0.6) is 11.6 Å². The van der Waals surface area contributed by atoms with Gasteiger partial charge < -0.3 is 9.72 Å². The largest absolute Gasteiger partial charge is 0.438 e. The summed E-state index contributed by atoms with van der Waals surface area (Å²) in [6.07, 6.45) is 1.26. The number of hydrogen-bond acceptors (Lipinski definition) is 3. The second kappa shape index (κ2) is 4.82. The molecule has 17 heavy (non-hydrogen) atoms. The summed E-state index contributed by atoms with van der Waals surface area (Å²) >= 11 is 1.84. The molecule has 0 fully saturated rings. The highest BCUT2D eigenvalue weighted by molar-refractivity contribution is 14.1. The topological polar surface area (TPSA) is 55.0 Å². The maximum atomic E-state index is 13.1. The number of nitrogens with one attached hydrogen (secondary N) is 1. The number of hydrogen-bond donors (Lipinski definition) is 1. The van der Waals surface area contributed by atoms with E-state index in [4.69, 9.17) is 4.74 Å². The van der Waals surface area contributed by atoms with Gasteiger partial charge in [0.15, 0.2) is 0 Å². The van der Waals surface area contributed by atoms with Crippen LogP contribution in [-0.2, 0) is 0 Å². The zero-order valence-electron chi connectivity index (χ0n) is 8.83. The van der Waals surface area contributed by atoms with Crippen molar-refractivity contribution in [1.82, 2.24) is 9.97 Å². The molecule has 88 valence electrons. The quantitative estimate of drug-likeness (QED) is 0.851. The molecule has 4 nitrogen and oxygen atoms in total. The van der Waals surface area contributed by atoms with Crippen molar-refractivity contribution in [2.24, 2.45) is 0 Å². The van der Waals surface area contributed by atoms with E-state index in [1.165, 1.54) is 18.5 Å². The van der Waals surface area contributed by atoms with E-state index in [-0.39, 0.29) is 17.3 Å². The van der Waals surface area contributed by atoms with Crippen molar-refractivity contribution in [3.8, 4) is 11.6 Å². The zero-order valence-corrected chi connectivity index (χ0v) is 11.0. The van der Waals surface area contributed by atoms with Gasteiger partial charge in [0.05, 0.1) is 6.33 Å². The smallest absolute Gasteiger partial charge is 0.268 e. The molecule has 0 atom stereocenters. The van der Waals surface area contributed by atoms with Gasteiger partial charge >= 0.3 is 0 Å². The molecule has 0 saturated heterocycles. The lowest BCUT2D eigenvalue weighted by atomic mass is 10.2. The number of rotatable bonds is 2. The van der Waals surface area contributed by atoms with E-state index in [0.717, 1.165) is 0 Å². The minimum absolute atomic E-state index is 0.209. The first kappa shape index (κ1) is 12.0. The highest BCUT2D eigenvalue weighted by Crippen LogP contribution is 2.23. The summed E-state index contributed by atoms with van der Waals surface area (Å²) in [5.41, 5.74) is 0.205. The van der Waals surface area contributed by atoms with E-state index < -0.39 is 0 Å². The number of nitrogens with zero attached hydrogens (tertiary/aromatic N) is 1. The molecule has 1 heterocycles. The monoisotopic (exact) mass is 346 g/mol. The number of halogens is 2. The normalized spacial score (nSPS) is 10.3. The van der Waals surface area contributed by atoms with Gasteiger partial charge in [-0.3, -0.25) is 4.79 Å². The Hall–Kier alpha value is -1.44. The fourth-order valence-electron chi connectivity index (χ4n) is 1.23. The highest BCUT2D eigenvalue weighted by Gasteiger charge is 2.08. The van der Waals surface area contributed by atoms with Gasteiger partial charge in [-0.2, -0.15) is 0 Å². The van der Waals surface area contributed by atoms with Crippen molar-refractivity contribution in [1.29, 1.82) is 0 Å². The average Bonchev–Trinajstić information content (AvgIpc) is 2.30. The minimum Gasteiger partial charge on any atom is -0.438 e. The molecule has 1 aromatic heterocycles. The van der Waals surface area contributed by atoms with Crippen molar-refractivity contribution in [2.45, 2.75) is 6.92 Å². The summed E-state index contributed by atoms with van der Waals surface area (Å²) in [4.78, 5) is 17.6. The average molecular weight is 346 g/mol. The fraction of sp³-hybridized carbons (Fsp3) is 0.0909. The van der Waals surface area contributed by atoms with E-state index in [0.29, 0.717) is 14.9 Å². The molecule has 0 spiro atoms. The van der Waals surface area contributed by atoms with Crippen LogP contribution in [-0.4, -0.2) is 9.97 Å². The standard InChI is InChI=1S/C11H8FIN2O2/c1-6-4-7(2-3-8(6)12)17-11-9(13)10(16)14-5-15-11/h2-5H,1H3,(H,14,15,16). The molecule has 0 aliphatic heterocycles. The molecule has 0 aliphatic carbocycles. The zero-order chi connectivity index (χ0) is 12.4. The van der Waals surface area contributed by atoms with E-state index in [2.05, 4.69) is 9.97 Å². The minimum atomic E-state index is -0.300. The Kier molecular flexibility index (Phi) is 3.41. The first-order valence-corrected chi connectivity index (χ1v) is 5.83. The molecule has 1 N–H and O–H groups in total. The van der Waals surface area contributed by atoms with Gasteiger partial charge in [0.25, 0.3) is 5.56 Å². The third kappa shape index (κ3) is 2.63. The van der Waals surface area contributed by atoms with E-state index in [9.17, 15) is 9.18 Å². The van der Waals surface area contributed by atoms with Crippen LogP contribution < -0.4 is 10.3 Å². The Morgan fingerprint density at radius 1 is 1.47 bits per heavy atom. The van der Waals surface area contributed by atoms with Crippen molar-refractivity contribution in [3.05, 3.63) is 49.8 Å². The molecule has 0 bridgehead atoms. The Balaban J connectivity index is 2.35. The number of H-pyrrole nitrogens is 1. The van der Waals surface area contributed by atoms with E-state index in [1.54, 1.807) is 13.0 Å². The van der Waals surface area contributed by atoms with Gasteiger partial charge in [0.2, 0.25) is 5.88 Å². The second-order valence-corrected chi connectivity index (χ2v) is 4.44. The van der Waals surface area contributed by atoms with Crippen LogP contribution in [0, 0.1) is 16.3 Å². The second-order valence-electron chi connectivity index (χ2n) is 3.36. The molecule has 0 saturated carbocycles. The third-order valence-electron chi connectivity index (χ3n) is 2.11. The predicted octanol–water partition coefficient (Wildman–Crippen LogP) is 2.61. The lowest BCUT2D eigenvalue weighted by Crippen LogP contribution is -2.11. The predicted molar refractivity (Wildman–Crippen MR) is 68.8 cm³/mol. The van der Waals surface area contributed by atoms with Crippen LogP contribution >= 0.6 is 22.6 Å². The van der Waals surface area contributed by atoms with Crippen LogP contribution in [0.25, 0.3) is 0 Å². The van der Waals surface area contributed by atoms with Gasteiger partial charge in [0, 0.05) is 0 Å². The SMILES string of the molecule is Cc1cc(Oc2nc[nH]c(=O)c2I)ccc1F. The van der Waals surface area contributed by atoms with Gasteiger partial charge in [-0.15, -0.1) is 0 Å². The molecule has 6 heteroatoms. The summed E-state index contributed by atoms with van der Waals surface area (Å²) < 4.78 is 18.8. The van der Waals surface area contributed by atoms with Crippen LogP contribution in [0.4, 0.5) is 4.39 Å². The highest BCUT2D eigenvalue weighted by atomic mass is 127. The van der Waals surface area contributed by atoms with Gasteiger partial charge in [-0.25, -0.2) is 9.37 Å². The lowest BCUT2D eigenvalue weighted by molar-refractivity contribution is 0.454. The number of aromatic nitrogens is 2. The van der Waals surface area contributed by atoms with Gasteiger partial charge in [-0.1, -0.05) is 0 Å². The summed E-state index contributed by atoms with van der Waals surface area (Å²) in [5.74, 6) is 0.353. The molecule has 0 unspecified atom stereocenters. The van der Waals surface area contributed by atoms with E-state index >= 15 is 0 Å². The molecular formula is C11H8FIN2O2. The van der Waals surface area contributed by atoms with Crippen LogP contribution in [0.1, 0.15) is 5.56 Å². The summed E-state index contributed by atoms with van der Waals surface area (Å²) in [5, 5.41) is 0. The number of benzene rings is 1. The van der Waals surface area contributed by atoms with Crippen LogP contribution in [0.3, 0.4) is 0 Å². The van der Waals surface area contributed by atoms with E-state index in [1.807, 2.05) is 22.6 Å². The van der Waals surface area contributed by atoms with Crippen LogP contribution in [0.15, 0.2) is 29.3 Å². The van der Waals surface area contributed by atoms with Crippen molar-refractivity contribution >= 4 is 22.6 Å². The van der Waals surface area contributed by atoms with Crippen molar-refractivity contribution in [3.63, 3.8) is 0 Å². The first-order valence-electron chi connectivity index (χ1n) is 4.75. The molecular weight excluding hydrogens is 338 g/mol. The molecule has 2 aromatic rings. The Labute approximate surface area is 110 Å². The number of aryl methyl sites for hydroxylation is 1. The summed E-state index contributed by atoms with van der Waals surface area (Å²) in [7, 11) is 0. The van der Waals surface area contributed by atoms with Crippen molar-refractivity contribution < 1.29 is 9.13 Å². The maximum Gasteiger partial charge on any atom is 0.268 e. The molecule has 0 radical (unpaired) electrons. The van der Waals surface area contributed by atoms with Crippen molar-refractivity contribution in [2.75, 3.05) is 0 Å². The fourth-order valence-corrected chi connectivity index (χ4v) is 1.64. The number of aromatic amines is 1. The molecule has 1 aromatic carbocycles. The Bertz CT molecular complexity index is 613. The first-order chi connectivity index (χ1) is 8.08. The van der Waals surface area contributed by atoms with Gasteiger partial charge in [0.1, 0.15) is 15.1 Å². The molecule has 2 rings (SSSR count). The maximum absolute atomic E-state index is 13.1. The molecule has 0 aliphatic rings. The summed E-state index contributed by atoms with van der Waals surface area (Å²) in [6, 6.07) is 4.35. The van der Waals surface area contributed by atoms with Crippen LogP contribution in [0.2, 0.25) is 0 Å². The number of ether oxygens (including phenoxy) is 1. The Morgan fingerprint density at radius 3 is 2.94 bits per heavy atom. The lowest BCUT2D eigenvalue weighted by Gasteiger charge is -2.06. The summed E-state index contributed by atoms with van der Waals surface area (Å²) in [6.45, 7) is 1.64.